The van der Waals surface area contributed by atoms with Crippen LogP contribution in [0.5, 0.6) is 11.5 Å². The fraction of sp³-hybridized carbons (Fsp3) is 0.458. The number of hydrogen-bond donors (Lipinski definition) is 3. The van der Waals surface area contributed by atoms with Gasteiger partial charge in [-0.3, -0.25) is 4.79 Å². The molecule has 0 radical (unpaired) electrons. The van der Waals surface area contributed by atoms with Crippen LogP contribution in [0.1, 0.15) is 23.6 Å². The van der Waals surface area contributed by atoms with Gasteiger partial charge in [-0.15, -0.1) is 0 Å². The number of quaternary nitrogens is 2. The highest BCUT2D eigenvalue weighted by atomic mass is 16.5. The number of para-hydroxylation sites is 1. The molecule has 0 saturated carbocycles. The fourth-order valence-electron chi connectivity index (χ4n) is 4.16. The molecule has 0 aromatic heterocycles. The van der Waals surface area contributed by atoms with E-state index in [0.29, 0.717) is 0 Å². The van der Waals surface area contributed by atoms with Gasteiger partial charge in [0.25, 0.3) is 5.91 Å². The van der Waals surface area contributed by atoms with Crippen molar-refractivity contribution in [3.05, 3.63) is 53.1 Å². The topological polar surface area (TPSA) is 56.4 Å². The van der Waals surface area contributed by atoms with Gasteiger partial charge in [-0.25, -0.2) is 0 Å². The molecule has 162 valence electrons. The molecule has 0 spiro atoms. The van der Waals surface area contributed by atoms with Crippen molar-refractivity contribution in [3.63, 3.8) is 0 Å². The molecule has 0 unspecified atom stereocenters. The van der Waals surface area contributed by atoms with Crippen molar-refractivity contribution in [2.24, 2.45) is 0 Å². The number of anilines is 1. The number of aryl methyl sites for hydroxylation is 2. The second-order valence-electron chi connectivity index (χ2n) is 8.24. The van der Waals surface area contributed by atoms with Gasteiger partial charge in [-0.1, -0.05) is 18.2 Å². The van der Waals surface area contributed by atoms with E-state index in [1.807, 2.05) is 44.2 Å². The first kappa shape index (κ1) is 22.1. The van der Waals surface area contributed by atoms with E-state index in [-0.39, 0.29) is 11.9 Å². The van der Waals surface area contributed by atoms with Crippen LogP contribution in [-0.2, 0) is 11.3 Å². The molecule has 1 fully saturated rings. The van der Waals surface area contributed by atoms with Gasteiger partial charge < -0.3 is 24.6 Å². The number of hydrogen-bond acceptors (Lipinski definition) is 3. The summed E-state index contributed by atoms with van der Waals surface area (Å²) in [6.45, 7) is 11.2. The maximum Gasteiger partial charge on any atom is 0.282 e. The molecule has 2 aromatic rings. The van der Waals surface area contributed by atoms with Gasteiger partial charge in [0.1, 0.15) is 32.7 Å². The van der Waals surface area contributed by atoms with E-state index in [1.165, 1.54) is 16.0 Å². The summed E-state index contributed by atoms with van der Waals surface area (Å²) in [6.07, 6.45) is 0. The number of ether oxygens (including phenoxy) is 2. The molecule has 2 aromatic carbocycles. The van der Waals surface area contributed by atoms with E-state index >= 15 is 0 Å². The molecular formula is C24H35N3O3+2. The molecule has 0 bridgehead atoms. The minimum atomic E-state index is -0.0611. The number of piperazine rings is 1. The molecule has 6 heteroatoms. The van der Waals surface area contributed by atoms with Crippen LogP contribution >= 0.6 is 0 Å². The maximum absolute atomic E-state index is 12.7. The quantitative estimate of drug-likeness (QED) is 0.624. The van der Waals surface area contributed by atoms with Crippen molar-refractivity contribution in [2.45, 2.75) is 33.4 Å². The largest absolute Gasteiger partial charge is 0.493 e. The highest BCUT2D eigenvalue weighted by Crippen LogP contribution is 2.29. The van der Waals surface area contributed by atoms with Crippen LogP contribution in [0.15, 0.2) is 36.4 Å². The Morgan fingerprint density at radius 1 is 1.00 bits per heavy atom. The lowest BCUT2D eigenvalue weighted by Crippen LogP contribution is -3.29. The van der Waals surface area contributed by atoms with E-state index in [2.05, 4.69) is 18.3 Å². The predicted molar refractivity (Wildman–Crippen MR) is 119 cm³/mol. The molecule has 1 amide bonds. The molecular weight excluding hydrogens is 378 g/mol. The molecule has 1 heterocycles. The van der Waals surface area contributed by atoms with E-state index < -0.39 is 0 Å². The minimum Gasteiger partial charge on any atom is -0.493 e. The van der Waals surface area contributed by atoms with Crippen LogP contribution in [0.25, 0.3) is 0 Å². The lowest BCUT2D eigenvalue weighted by molar-refractivity contribution is -1.02. The van der Waals surface area contributed by atoms with Crippen molar-refractivity contribution in [3.8, 4) is 11.5 Å². The SMILES string of the molecule is COc1cc(C)c(C[NH+]2CC[NH+]([C@H](C)C(=O)Nc3ccccc3C)CC2)cc1OC. The molecule has 6 nitrogen and oxygen atoms in total. The minimum absolute atomic E-state index is 0.0611. The van der Waals surface area contributed by atoms with Crippen LogP contribution in [0.3, 0.4) is 0 Å². The van der Waals surface area contributed by atoms with Gasteiger partial charge >= 0.3 is 0 Å². The number of rotatable bonds is 7. The van der Waals surface area contributed by atoms with Gasteiger partial charge in [0.2, 0.25) is 0 Å². The van der Waals surface area contributed by atoms with E-state index in [0.717, 1.165) is 55.5 Å². The van der Waals surface area contributed by atoms with Crippen molar-refractivity contribution >= 4 is 11.6 Å². The third-order valence-corrected chi connectivity index (χ3v) is 6.29. The summed E-state index contributed by atoms with van der Waals surface area (Å²) in [5.74, 6) is 1.65. The average Bonchev–Trinajstić information content (AvgIpc) is 2.76. The summed E-state index contributed by atoms with van der Waals surface area (Å²) in [5.41, 5.74) is 4.51. The summed E-state index contributed by atoms with van der Waals surface area (Å²) >= 11 is 0. The van der Waals surface area contributed by atoms with Gasteiger partial charge in [0.05, 0.1) is 14.2 Å². The fourth-order valence-corrected chi connectivity index (χ4v) is 4.16. The van der Waals surface area contributed by atoms with Crippen molar-refractivity contribution in [1.29, 1.82) is 0 Å². The van der Waals surface area contributed by atoms with Crippen molar-refractivity contribution in [1.82, 2.24) is 0 Å². The smallest absolute Gasteiger partial charge is 0.282 e. The Balaban J connectivity index is 1.56. The Hall–Kier alpha value is -2.57. The van der Waals surface area contributed by atoms with E-state index in [1.54, 1.807) is 19.1 Å². The molecule has 1 aliphatic heterocycles. The Bertz CT molecular complexity index is 876. The van der Waals surface area contributed by atoms with E-state index in [4.69, 9.17) is 9.47 Å². The molecule has 1 atom stereocenters. The summed E-state index contributed by atoms with van der Waals surface area (Å²) in [7, 11) is 3.34. The second-order valence-corrected chi connectivity index (χ2v) is 8.24. The van der Waals surface area contributed by atoms with Crippen LogP contribution in [-0.4, -0.2) is 52.3 Å². The van der Waals surface area contributed by atoms with Gasteiger partial charge in [-0.2, -0.15) is 0 Å². The Kier molecular flexibility index (Phi) is 7.34. The van der Waals surface area contributed by atoms with Crippen molar-refractivity contribution in [2.75, 3.05) is 45.7 Å². The molecule has 0 aliphatic carbocycles. The zero-order valence-corrected chi connectivity index (χ0v) is 18.8. The molecule has 1 aliphatic rings. The second kappa shape index (κ2) is 9.96. The highest BCUT2D eigenvalue weighted by Gasteiger charge is 2.31. The Labute approximate surface area is 179 Å². The Morgan fingerprint density at radius 3 is 2.27 bits per heavy atom. The Morgan fingerprint density at radius 2 is 1.63 bits per heavy atom. The van der Waals surface area contributed by atoms with Crippen molar-refractivity contribution < 1.29 is 24.1 Å². The van der Waals surface area contributed by atoms with Crippen LogP contribution in [0.2, 0.25) is 0 Å². The first-order valence-electron chi connectivity index (χ1n) is 10.7. The lowest BCUT2D eigenvalue weighted by atomic mass is 10.1. The summed E-state index contributed by atoms with van der Waals surface area (Å²) in [6, 6.07) is 12.0. The van der Waals surface area contributed by atoms with E-state index in [9.17, 15) is 4.79 Å². The number of nitrogens with one attached hydrogen (secondary N) is 3. The standard InChI is InChI=1S/C24H33N3O3/c1-17-8-6-7-9-21(17)25-24(28)19(3)27-12-10-26(11-13-27)16-20-15-23(30-5)22(29-4)14-18(20)2/h6-9,14-15,19H,10-13,16H2,1-5H3,(H,25,28)/p+2/t19-/m1/s1. The molecule has 3 rings (SSSR count). The average molecular weight is 414 g/mol. The third kappa shape index (κ3) is 5.12. The van der Waals surface area contributed by atoms with Gasteiger partial charge in [0, 0.05) is 11.3 Å². The highest BCUT2D eigenvalue weighted by molar-refractivity contribution is 5.94. The lowest BCUT2D eigenvalue weighted by Gasteiger charge is -2.33. The number of amides is 1. The summed E-state index contributed by atoms with van der Waals surface area (Å²) < 4.78 is 10.9. The number of carbonyl (C=O) groups is 1. The summed E-state index contributed by atoms with van der Waals surface area (Å²) in [5, 5.41) is 3.10. The molecule has 30 heavy (non-hydrogen) atoms. The van der Waals surface area contributed by atoms with Gasteiger partial charge in [0.15, 0.2) is 17.5 Å². The first-order valence-corrected chi connectivity index (χ1v) is 10.7. The maximum atomic E-state index is 12.7. The zero-order valence-electron chi connectivity index (χ0n) is 18.8. The van der Waals surface area contributed by atoms with Crippen LogP contribution < -0.4 is 24.6 Å². The van der Waals surface area contributed by atoms with Crippen LogP contribution in [0.4, 0.5) is 5.69 Å². The number of benzene rings is 2. The van der Waals surface area contributed by atoms with Crippen LogP contribution in [0, 0.1) is 13.8 Å². The summed E-state index contributed by atoms with van der Waals surface area (Å²) in [4.78, 5) is 15.6. The third-order valence-electron chi connectivity index (χ3n) is 6.29. The molecule has 3 N–H and O–H groups in total. The normalized spacial score (nSPS) is 19.8. The van der Waals surface area contributed by atoms with Gasteiger partial charge in [-0.05, 0) is 50.1 Å². The monoisotopic (exact) mass is 413 g/mol. The first-order chi connectivity index (χ1) is 14.4. The number of carbonyl (C=O) groups excluding carboxylic acids is 1. The number of methoxy groups -OCH3 is 2. The molecule has 1 saturated heterocycles. The predicted octanol–water partition coefficient (Wildman–Crippen LogP) is 0.631. The zero-order chi connectivity index (χ0) is 21.7.